The number of amides is 1. The minimum absolute atomic E-state index is 0.0621. The fourth-order valence-corrected chi connectivity index (χ4v) is 3.27. The molecule has 1 saturated heterocycles. The van der Waals surface area contributed by atoms with E-state index in [-0.39, 0.29) is 36.0 Å². The number of hydrogen-bond donors (Lipinski definition) is 2. The molecule has 0 aromatic rings. The van der Waals surface area contributed by atoms with Gasteiger partial charge in [-0.1, -0.05) is 0 Å². The van der Waals surface area contributed by atoms with Crippen LogP contribution >= 0.6 is 0 Å². The topological polar surface area (TPSA) is 75.3 Å². The molecule has 88 valence electrons. The van der Waals surface area contributed by atoms with Gasteiger partial charge < -0.3 is 10.6 Å². The molecule has 6 heteroatoms. The first-order chi connectivity index (χ1) is 6.89. The van der Waals surface area contributed by atoms with Crippen LogP contribution < -0.4 is 10.6 Å². The molecular formula is C9H18N2O3S. The molecule has 1 heterocycles. The van der Waals surface area contributed by atoms with Crippen molar-refractivity contribution in [3.05, 3.63) is 0 Å². The van der Waals surface area contributed by atoms with Gasteiger partial charge in [0.2, 0.25) is 5.91 Å². The maximum atomic E-state index is 11.2. The van der Waals surface area contributed by atoms with Gasteiger partial charge in [-0.3, -0.25) is 4.79 Å². The summed E-state index contributed by atoms with van der Waals surface area (Å²) in [5.74, 6) is 0.299. The third-order valence-electron chi connectivity index (χ3n) is 2.23. The van der Waals surface area contributed by atoms with E-state index in [0.717, 1.165) is 0 Å². The predicted octanol–water partition coefficient (Wildman–Crippen LogP) is -0.712. The molecule has 1 amide bonds. The number of nitrogens with one attached hydrogen (secondary N) is 2. The summed E-state index contributed by atoms with van der Waals surface area (Å²) in [5.41, 5.74) is 0. The van der Waals surface area contributed by atoms with Crippen molar-refractivity contribution >= 4 is 15.7 Å². The Bertz CT molecular complexity index is 324. The highest BCUT2D eigenvalue weighted by molar-refractivity contribution is 7.91. The van der Waals surface area contributed by atoms with Crippen molar-refractivity contribution in [3.63, 3.8) is 0 Å². The molecule has 1 atom stereocenters. The SMILES string of the molecule is CC(C)NC(=O)CNC1CCS(=O)(=O)C1. The van der Waals surface area contributed by atoms with Gasteiger partial charge in [-0.25, -0.2) is 8.42 Å². The van der Waals surface area contributed by atoms with E-state index < -0.39 is 9.84 Å². The minimum Gasteiger partial charge on any atom is -0.353 e. The van der Waals surface area contributed by atoms with E-state index in [4.69, 9.17) is 0 Å². The summed E-state index contributed by atoms with van der Waals surface area (Å²) in [6.07, 6.45) is 0.608. The van der Waals surface area contributed by atoms with Crippen molar-refractivity contribution in [1.29, 1.82) is 0 Å². The summed E-state index contributed by atoms with van der Waals surface area (Å²) in [7, 11) is -2.86. The zero-order valence-corrected chi connectivity index (χ0v) is 9.93. The van der Waals surface area contributed by atoms with Crippen LogP contribution in [-0.2, 0) is 14.6 Å². The summed E-state index contributed by atoms with van der Waals surface area (Å²) >= 11 is 0. The van der Waals surface area contributed by atoms with E-state index >= 15 is 0 Å². The van der Waals surface area contributed by atoms with Gasteiger partial charge >= 0.3 is 0 Å². The third kappa shape index (κ3) is 4.61. The van der Waals surface area contributed by atoms with Crippen LogP contribution in [0.1, 0.15) is 20.3 Å². The van der Waals surface area contributed by atoms with Crippen LogP contribution in [0.15, 0.2) is 0 Å². The van der Waals surface area contributed by atoms with Gasteiger partial charge in [0.15, 0.2) is 9.84 Å². The monoisotopic (exact) mass is 234 g/mol. The average molecular weight is 234 g/mol. The van der Waals surface area contributed by atoms with Crippen molar-refractivity contribution in [1.82, 2.24) is 10.6 Å². The van der Waals surface area contributed by atoms with Gasteiger partial charge in [0.25, 0.3) is 0 Å². The first-order valence-electron chi connectivity index (χ1n) is 5.12. The Morgan fingerprint density at radius 2 is 2.13 bits per heavy atom. The van der Waals surface area contributed by atoms with Crippen molar-refractivity contribution in [2.75, 3.05) is 18.1 Å². The molecular weight excluding hydrogens is 216 g/mol. The summed E-state index contributed by atoms with van der Waals surface area (Å²) in [6, 6.07) is 0.0551. The third-order valence-corrected chi connectivity index (χ3v) is 4.00. The molecule has 2 N–H and O–H groups in total. The molecule has 0 aliphatic carbocycles. The fraction of sp³-hybridized carbons (Fsp3) is 0.889. The van der Waals surface area contributed by atoms with Gasteiger partial charge in [-0.2, -0.15) is 0 Å². The summed E-state index contributed by atoms with van der Waals surface area (Å²) in [4.78, 5) is 11.2. The second kappa shape index (κ2) is 4.94. The summed E-state index contributed by atoms with van der Waals surface area (Å²) in [6.45, 7) is 3.97. The van der Waals surface area contributed by atoms with Gasteiger partial charge in [0.1, 0.15) is 0 Å². The van der Waals surface area contributed by atoms with E-state index in [1.165, 1.54) is 0 Å². The second-order valence-corrected chi connectivity index (χ2v) is 6.43. The summed E-state index contributed by atoms with van der Waals surface area (Å²) < 4.78 is 22.2. The molecule has 0 bridgehead atoms. The molecule has 0 saturated carbocycles. The average Bonchev–Trinajstić information content (AvgIpc) is 2.41. The van der Waals surface area contributed by atoms with Crippen LogP contribution in [0.2, 0.25) is 0 Å². The van der Waals surface area contributed by atoms with Crippen molar-refractivity contribution < 1.29 is 13.2 Å². The summed E-state index contributed by atoms with van der Waals surface area (Å²) in [5, 5.41) is 5.69. The van der Waals surface area contributed by atoms with Crippen molar-refractivity contribution in [2.45, 2.75) is 32.4 Å². The largest absolute Gasteiger partial charge is 0.353 e. The van der Waals surface area contributed by atoms with Gasteiger partial charge in [-0.15, -0.1) is 0 Å². The lowest BCUT2D eigenvalue weighted by Crippen LogP contribution is -2.41. The standard InChI is InChI=1S/C9H18N2O3S/c1-7(2)11-9(12)5-10-8-3-4-15(13,14)6-8/h7-8,10H,3-6H2,1-2H3,(H,11,12). The number of carbonyl (C=O) groups is 1. The Balaban J connectivity index is 2.24. The van der Waals surface area contributed by atoms with Crippen LogP contribution in [0.5, 0.6) is 0 Å². The maximum absolute atomic E-state index is 11.2. The molecule has 1 aliphatic heterocycles. The highest BCUT2D eigenvalue weighted by Crippen LogP contribution is 2.10. The van der Waals surface area contributed by atoms with Gasteiger partial charge in [0, 0.05) is 12.1 Å². The number of carbonyl (C=O) groups excluding carboxylic acids is 1. The van der Waals surface area contributed by atoms with Crippen molar-refractivity contribution in [2.24, 2.45) is 0 Å². The quantitative estimate of drug-likeness (QED) is 0.673. The van der Waals surface area contributed by atoms with Gasteiger partial charge in [0.05, 0.1) is 18.1 Å². The van der Waals surface area contributed by atoms with Crippen LogP contribution in [0.25, 0.3) is 0 Å². The van der Waals surface area contributed by atoms with Crippen molar-refractivity contribution in [3.8, 4) is 0 Å². The smallest absolute Gasteiger partial charge is 0.234 e. The Kier molecular flexibility index (Phi) is 4.10. The number of hydrogen-bond acceptors (Lipinski definition) is 4. The normalized spacial score (nSPS) is 24.3. The Morgan fingerprint density at radius 3 is 2.60 bits per heavy atom. The van der Waals surface area contributed by atoms with E-state index in [9.17, 15) is 13.2 Å². The Morgan fingerprint density at radius 1 is 1.47 bits per heavy atom. The maximum Gasteiger partial charge on any atom is 0.234 e. The Hall–Kier alpha value is -0.620. The fourth-order valence-electron chi connectivity index (χ4n) is 1.57. The molecule has 1 aliphatic rings. The molecule has 15 heavy (non-hydrogen) atoms. The molecule has 1 rings (SSSR count). The predicted molar refractivity (Wildman–Crippen MR) is 58.3 cm³/mol. The first kappa shape index (κ1) is 12.4. The first-order valence-corrected chi connectivity index (χ1v) is 6.94. The molecule has 5 nitrogen and oxygen atoms in total. The number of rotatable bonds is 4. The minimum atomic E-state index is -2.86. The lowest BCUT2D eigenvalue weighted by Gasteiger charge is -2.12. The zero-order valence-electron chi connectivity index (χ0n) is 9.12. The lowest BCUT2D eigenvalue weighted by molar-refractivity contribution is -0.120. The van der Waals surface area contributed by atoms with E-state index in [1.54, 1.807) is 0 Å². The number of sulfone groups is 1. The van der Waals surface area contributed by atoms with Crippen LogP contribution in [-0.4, -0.2) is 44.5 Å². The highest BCUT2D eigenvalue weighted by atomic mass is 32.2. The van der Waals surface area contributed by atoms with Gasteiger partial charge in [-0.05, 0) is 20.3 Å². The van der Waals surface area contributed by atoms with Crippen LogP contribution in [0, 0.1) is 0 Å². The molecule has 1 fully saturated rings. The zero-order chi connectivity index (χ0) is 11.5. The molecule has 1 unspecified atom stereocenters. The highest BCUT2D eigenvalue weighted by Gasteiger charge is 2.27. The van der Waals surface area contributed by atoms with E-state index in [0.29, 0.717) is 6.42 Å². The molecule has 0 aromatic carbocycles. The molecule has 0 radical (unpaired) electrons. The Labute approximate surface area is 90.5 Å². The lowest BCUT2D eigenvalue weighted by atomic mass is 10.2. The van der Waals surface area contributed by atoms with Crippen LogP contribution in [0.3, 0.4) is 0 Å². The van der Waals surface area contributed by atoms with Crippen LogP contribution in [0.4, 0.5) is 0 Å². The molecule has 0 aromatic heterocycles. The second-order valence-electron chi connectivity index (χ2n) is 4.20. The van der Waals surface area contributed by atoms with E-state index in [2.05, 4.69) is 10.6 Å². The molecule has 0 spiro atoms. The van der Waals surface area contributed by atoms with E-state index in [1.807, 2.05) is 13.8 Å².